The van der Waals surface area contributed by atoms with Crippen LogP contribution in [-0.4, -0.2) is 58.7 Å². The molecule has 0 bridgehead atoms. The first-order valence-electron chi connectivity index (χ1n) is 12.6. The fourth-order valence-electron chi connectivity index (χ4n) is 4.46. The van der Waals surface area contributed by atoms with Crippen LogP contribution in [0.3, 0.4) is 0 Å². The van der Waals surface area contributed by atoms with E-state index in [0.717, 1.165) is 19.3 Å². The van der Waals surface area contributed by atoms with Gasteiger partial charge in [0.25, 0.3) is 0 Å². The SMILES string of the molecule is CCCCCCCCCCCCCCCCCCC(CC(O)O)(C(=O)O)[N+](C)(C)C. The third-order valence-electron chi connectivity index (χ3n) is 6.65. The highest BCUT2D eigenvalue weighted by Gasteiger charge is 2.51. The van der Waals surface area contributed by atoms with Gasteiger partial charge in [-0.25, -0.2) is 4.79 Å². The average molecular weight is 431 g/mol. The third kappa shape index (κ3) is 12.9. The topological polar surface area (TPSA) is 77.8 Å². The number of aliphatic hydroxyl groups is 2. The summed E-state index contributed by atoms with van der Waals surface area (Å²) in [6.45, 7) is 2.27. The lowest BCUT2D eigenvalue weighted by molar-refractivity contribution is -0.915. The van der Waals surface area contributed by atoms with Crippen LogP contribution in [0.15, 0.2) is 0 Å². The minimum Gasteiger partial charge on any atom is -0.477 e. The van der Waals surface area contributed by atoms with Crippen molar-refractivity contribution in [1.82, 2.24) is 0 Å². The summed E-state index contributed by atoms with van der Waals surface area (Å²) >= 11 is 0. The van der Waals surface area contributed by atoms with E-state index in [1.54, 1.807) is 0 Å². The van der Waals surface area contributed by atoms with Gasteiger partial charge >= 0.3 is 5.97 Å². The van der Waals surface area contributed by atoms with Crippen LogP contribution in [0.2, 0.25) is 0 Å². The minimum absolute atomic E-state index is 0.134. The average Bonchev–Trinajstić information content (AvgIpc) is 2.65. The molecular weight excluding hydrogens is 378 g/mol. The molecule has 0 aromatic heterocycles. The zero-order valence-electron chi connectivity index (χ0n) is 20.5. The van der Waals surface area contributed by atoms with Crippen LogP contribution >= 0.6 is 0 Å². The van der Waals surface area contributed by atoms with Crippen LogP contribution in [0.1, 0.15) is 122 Å². The van der Waals surface area contributed by atoms with Crippen LogP contribution in [0.4, 0.5) is 0 Å². The zero-order chi connectivity index (χ0) is 22.9. The lowest BCUT2D eigenvalue weighted by Gasteiger charge is -2.43. The van der Waals surface area contributed by atoms with Crippen molar-refractivity contribution in [2.24, 2.45) is 0 Å². The number of hydrogen-bond donors (Lipinski definition) is 3. The van der Waals surface area contributed by atoms with Gasteiger partial charge in [-0.1, -0.05) is 103 Å². The highest BCUT2D eigenvalue weighted by atomic mass is 16.5. The van der Waals surface area contributed by atoms with Gasteiger partial charge in [-0.3, -0.25) is 0 Å². The van der Waals surface area contributed by atoms with E-state index in [0.29, 0.717) is 6.42 Å². The molecule has 0 fully saturated rings. The van der Waals surface area contributed by atoms with E-state index in [9.17, 15) is 20.1 Å². The molecule has 0 aromatic rings. The Balaban J connectivity index is 3.77. The molecular formula is C25H52NO4+. The van der Waals surface area contributed by atoms with Gasteiger partial charge in [0.15, 0.2) is 6.29 Å². The molecule has 180 valence electrons. The van der Waals surface area contributed by atoms with Crippen LogP contribution in [0.5, 0.6) is 0 Å². The Hall–Kier alpha value is -0.650. The molecule has 0 saturated carbocycles. The quantitative estimate of drug-likeness (QED) is 0.121. The summed E-state index contributed by atoms with van der Waals surface area (Å²) in [5, 5.41) is 28.6. The highest BCUT2D eigenvalue weighted by molar-refractivity contribution is 5.77. The summed E-state index contributed by atoms with van der Waals surface area (Å²) in [5.41, 5.74) is -1.15. The fourth-order valence-corrected chi connectivity index (χ4v) is 4.46. The molecule has 0 rings (SSSR count). The Morgan fingerprint density at radius 3 is 1.30 bits per heavy atom. The van der Waals surface area contributed by atoms with Crippen LogP contribution in [-0.2, 0) is 4.79 Å². The van der Waals surface area contributed by atoms with E-state index in [-0.39, 0.29) is 10.9 Å². The molecule has 0 aliphatic heterocycles. The molecule has 0 aliphatic rings. The number of aliphatic hydroxyl groups excluding tert-OH is 1. The summed E-state index contributed by atoms with van der Waals surface area (Å²) in [7, 11) is 5.47. The van der Waals surface area contributed by atoms with Crippen molar-refractivity contribution >= 4 is 5.97 Å². The van der Waals surface area contributed by atoms with Gasteiger partial charge in [-0.15, -0.1) is 0 Å². The van der Waals surface area contributed by atoms with E-state index in [1.807, 2.05) is 21.1 Å². The summed E-state index contributed by atoms with van der Waals surface area (Å²) in [5.74, 6) is -0.941. The summed E-state index contributed by atoms with van der Waals surface area (Å²) in [4.78, 5) is 12.0. The molecule has 0 amide bonds. The first kappa shape index (κ1) is 29.4. The number of quaternary nitrogens is 1. The van der Waals surface area contributed by atoms with Crippen molar-refractivity contribution in [2.45, 2.75) is 134 Å². The Labute approximate surface area is 186 Å². The summed E-state index contributed by atoms with van der Waals surface area (Å²) < 4.78 is 0.193. The molecule has 1 atom stereocenters. The van der Waals surface area contributed by atoms with Crippen molar-refractivity contribution in [3.05, 3.63) is 0 Å². The normalized spacial score (nSPS) is 14.2. The van der Waals surface area contributed by atoms with Gasteiger partial charge in [0.05, 0.1) is 27.6 Å². The molecule has 30 heavy (non-hydrogen) atoms. The zero-order valence-corrected chi connectivity index (χ0v) is 20.5. The molecule has 0 aliphatic carbocycles. The van der Waals surface area contributed by atoms with Crippen LogP contribution in [0, 0.1) is 0 Å². The second-order valence-corrected chi connectivity index (χ2v) is 10.1. The van der Waals surface area contributed by atoms with Crippen molar-refractivity contribution in [3.8, 4) is 0 Å². The van der Waals surface area contributed by atoms with E-state index in [4.69, 9.17) is 0 Å². The monoisotopic (exact) mass is 430 g/mol. The number of carboxylic acid groups (broad SMARTS) is 1. The van der Waals surface area contributed by atoms with Crippen LogP contribution in [0.25, 0.3) is 0 Å². The maximum atomic E-state index is 12.0. The Morgan fingerprint density at radius 1 is 0.700 bits per heavy atom. The van der Waals surface area contributed by atoms with E-state index in [1.165, 1.54) is 83.5 Å². The molecule has 5 heteroatoms. The number of nitrogens with zero attached hydrogens (tertiary/aromatic N) is 1. The maximum absolute atomic E-state index is 12.0. The van der Waals surface area contributed by atoms with Gasteiger partial charge in [-0.2, -0.15) is 0 Å². The number of likely N-dealkylation sites (N-methyl/N-ethyl adjacent to an activating group) is 1. The Kier molecular flexibility index (Phi) is 16.6. The highest BCUT2D eigenvalue weighted by Crippen LogP contribution is 2.31. The first-order chi connectivity index (χ1) is 14.2. The van der Waals surface area contributed by atoms with Gasteiger partial charge in [0, 0.05) is 6.42 Å². The largest absolute Gasteiger partial charge is 0.477 e. The predicted molar refractivity (Wildman–Crippen MR) is 125 cm³/mol. The molecule has 0 spiro atoms. The summed E-state index contributed by atoms with van der Waals surface area (Å²) in [6.07, 6.45) is 19.3. The van der Waals surface area contributed by atoms with E-state index < -0.39 is 17.8 Å². The molecule has 0 saturated heterocycles. The smallest absolute Gasteiger partial charge is 0.365 e. The molecule has 5 nitrogen and oxygen atoms in total. The molecule has 3 N–H and O–H groups in total. The number of carboxylic acids is 1. The molecule has 0 aromatic carbocycles. The number of rotatable bonds is 21. The van der Waals surface area contributed by atoms with E-state index >= 15 is 0 Å². The number of unbranched alkanes of at least 4 members (excludes halogenated alkanes) is 15. The standard InChI is InChI=1S/C25H51NO4/c1-5-6-7-8-9-10-11-12-13-14-15-16-17-18-19-20-21-25(24(29)30,22-23(27)28)26(2,3)4/h23,27-28H,5-22H2,1-4H3/p+1. The van der Waals surface area contributed by atoms with Crippen molar-refractivity contribution in [2.75, 3.05) is 21.1 Å². The fraction of sp³-hybridized carbons (Fsp3) is 0.960. The van der Waals surface area contributed by atoms with Crippen LogP contribution < -0.4 is 0 Å². The van der Waals surface area contributed by atoms with Gasteiger partial charge in [0.2, 0.25) is 5.54 Å². The van der Waals surface area contributed by atoms with Gasteiger partial charge < -0.3 is 19.8 Å². The number of carbonyl (C=O) groups is 1. The van der Waals surface area contributed by atoms with Gasteiger partial charge in [-0.05, 0) is 6.42 Å². The molecule has 0 radical (unpaired) electrons. The lowest BCUT2D eigenvalue weighted by Crippen LogP contribution is -2.63. The molecule has 0 heterocycles. The molecule has 1 unspecified atom stereocenters. The van der Waals surface area contributed by atoms with Crippen molar-refractivity contribution in [3.63, 3.8) is 0 Å². The third-order valence-corrected chi connectivity index (χ3v) is 6.65. The Bertz CT molecular complexity index is 420. The second kappa shape index (κ2) is 17.0. The first-order valence-corrected chi connectivity index (χ1v) is 12.6. The second-order valence-electron chi connectivity index (χ2n) is 10.1. The lowest BCUT2D eigenvalue weighted by atomic mass is 9.85. The Morgan fingerprint density at radius 2 is 1.03 bits per heavy atom. The summed E-state index contributed by atoms with van der Waals surface area (Å²) in [6, 6.07) is 0. The number of hydrogen-bond acceptors (Lipinski definition) is 3. The van der Waals surface area contributed by atoms with Gasteiger partial charge in [0.1, 0.15) is 0 Å². The number of aliphatic carboxylic acids is 1. The minimum atomic E-state index is -1.60. The maximum Gasteiger partial charge on any atom is 0.365 e. The predicted octanol–water partition coefficient (Wildman–Crippen LogP) is 5.87. The van der Waals surface area contributed by atoms with Crippen molar-refractivity contribution in [1.29, 1.82) is 0 Å². The van der Waals surface area contributed by atoms with E-state index in [2.05, 4.69) is 6.92 Å². The van der Waals surface area contributed by atoms with Crippen molar-refractivity contribution < 1.29 is 24.6 Å².